The molecule has 20 heavy (non-hydrogen) atoms. The summed E-state index contributed by atoms with van der Waals surface area (Å²) in [7, 11) is 0. The molecule has 0 aliphatic carbocycles. The molecule has 0 radical (unpaired) electrons. The molecular formula is C16H24N2O2. The molecule has 2 rings (SSSR count). The molecule has 1 aliphatic rings. The number of anilines is 1. The molecule has 2 unspecified atom stereocenters. The summed E-state index contributed by atoms with van der Waals surface area (Å²) >= 11 is 0. The van der Waals surface area contributed by atoms with Crippen LogP contribution in [0.1, 0.15) is 39.2 Å². The van der Waals surface area contributed by atoms with Crippen LogP contribution in [0, 0.1) is 0 Å². The van der Waals surface area contributed by atoms with Gasteiger partial charge >= 0.3 is 0 Å². The van der Waals surface area contributed by atoms with Gasteiger partial charge in [-0.3, -0.25) is 4.79 Å². The molecule has 1 aromatic carbocycles. The van der Waals surface area contributed by atoms with Gasteiger partial charge in [-0.05, 0) is 37.5 Å². The quantitative estimate of drug-likeness (QED) is 0.919. The highest BCUT2D eigenvalue weighted by molar-refractivity contribution is 5.95. The van der Waals surface area contributed by atoms with E-state index >= 15 is 0 Å². The topological polar surface area (TPSA) is 55.6 Å². The fourth-order valence-electron chi connectivity index (χ4n) is 2.53. The van der Waals surface area contributed by atoms with Gasteiger partial charge in [-0.15, -0.1) is 0 Å². The molecule has 0 saturated heterocycles. The summed E-state index contributed by atoms with van der Waals surface area (Å²) in [6.07, 6.45) is 2.29. The minimum absolute atomic E-state index is 0.0808. The minimum Gasteiger partial charge on any atom is -0.486 e. The van der Waals surface area contributed by atoms with Gasteiger partial charge in [0.25, 0.3) is 0 Å². The Hall–Kier alpha value is -1.55. The van der Waals surface area contributed by atoms with E-state index in [2.05, 4.69) is 6.92 Å². The van der Waals surface area contributed by atoms with Crippen molar-refractivity contribution >= 4 is 11.6 Å². The third-order valence-electron chi connectivity index (χ3n) is 3.61. The van der Waals surface area contributed by atoms with E-state index in [1.165, 1.54) is 0 Å². The van der Waals surface area contributed by atoms with E-state index in [9.17, 15) is 4.79 Å². The van der Waals surface area contributed by atoms with Crippen LogP contribution in [0.4, 0.5) is 5.69 Å². The van der Waals surface area contributed by atoms with Crippen molar-refractivity contribution < 1.29 is 9.53 Å². The summed E-state index contributed by atoms with van der Waals surface area (Å²) in [6, 6.07) is 6.15. The second-order valence-corrected chi connectivity index (χ2v) is 5.49. The lowest BCUT2D eigenvalue weighted by molar-refractivity contribution is -0.118. The number of hydrogen-bond donors (Lipinski definition) is 1. The molecule has 0 aromatic heterocycles. The van der Waals surface area contributed by atoms with Crippen molar-refractivity contribution in [1.82, 2.24) is 0 Å². The predicted octanol–water partition coefficient (Wildman–Crippen LogP) is 2.49. The van der Waals surface area contributed by atoms with Crippen molar-refractivity contribution in [1.29, 1.82) is 0 Å². The van der Waals surface area contributed by atoms with Crippen molar-refractivity contribution in [3.05, 3.63) is 23.8 Å². The summed E-state index contributed by atoms with van der Waals surface area (Å²) in [4.78, 5) is 14.0. The molecule has 1 amide bonds. The van der Waals surface area contributed by atoms with Gasteiger partial charge < -0.3 is 15.4 Å². The van der Waals surface area contributed by atoms with Crippen molar-refractivity contribution in [3.63, 3.8) is 0 Å². The highest BCUT2D eigenvalue weighted by Gasteiger charge is 2.28. The van der Waals surface area contributed by atoms with E-state index in [0.717, 1.165) is 29.8 Å². The maximum atomic E-state index is 12.2. The smallest absolute Gasteiger partial charge is 0.226 e. The van der Waals surface area contributed by atoms with Crippen LogP contribution in [0.15, 0.2) is 18.2 Å². The highest BCUT2D eigenvalue weighted by Crippen LogP contribution is 2.35. The fourth-order valence-corrected chi connectivity index (χ4v) is 2.53. The van der Waals surface area contributed by atoms with E-state index < -0.39 is 0 Å². The zero-order valence-corrected chi connectivity index (χ0v) is 12.6. The highest BCUT2D eigenvalue weighted by atomic mass is 16.5. The Labute approximate surface area is 120 Å². The zero-order valence-electron chi connectivity index (χ0n) is 12.6. The Morgan fingerprint density at radius 2 is 2.25 bits per heavy atom. The summed E-state index contributed by atoms with van der Waals surface area (Å²) in [5.74, 6) is 0.948. The van der Waals surface area contributed by atoms with Crippen molar-refractivity contribution in [2.45, 2.75) is 52.2 Å². The van der Waals surface area contributed by atoms with E-state index in [-0.39, 0.29) is 18.1 Å². The molecule has 0 bridgehead atoms. The van der Waals surface area contributed by atoms with Crippen LogP contribution >= 0.6 is 0 Å². The molecule has 2 N–H and O–H groups in total. The molecule has 2 atom stereocenters. The first kappa shape index (κ1) is 14.9. The lowest BCUT2D eigenvalue weighted by Gasteiger charge is -2.35. The monoisotopic (exact) mass is 276 g/mol. The summed E-state index contributed by atoms with van der Waals surface area (Å²) < 4.78 is 5.94. The van der Waals surface area contributed by atoms with Crippen LogP contribution < -0.4 is 15.4 Å². The summed E-state index contributed by atoms with van der Waals surface area (Å²) in [5, 5.41) is 0. The van der Waals surface area contributed by atoms with Gasteiger partial charge in [-0.2, -0.15) is 0 Å². The molecule has 1 aromatic rings. The van der Waals surface area contributed by atoms with Gasteiger partial charge in [0, 0.05) is 12.5 Å². The number of rotatable bonds is 4. The predicted molar refractivity (Wildman–Crippen MR) is 81.1 cm³/mol. The van der Waals surface area contributed by atoms with E-state index in [1.54, 1.807) is 0 Å². The molecule has 0 fully saturated rings. The second kappa shape index (κ2) is 6.27. The van der Waals surface area contributed by atoms with Crippen LogP contribution in [0.5, 0.6) is 5.75 Å². The number of carbonyl (C=O) groups excluding carboxylic acids is 1. The number of fused-ring (bicyclic) bond motifs is 1. The average Bonchev–Trinajstić information content (AvgIpc) is 2.44. The summed E-state index contributed by atoms with van der Waals surface area (Å²) in [6.45, 7) is 6.59. The molecule has 1 aliphatic heterocycles. The largest absolute Gasteiger partial charge is 0.486 e. The van der Waals surface area contributed by atoms with Gasteiger partial charge in [0.2, 0.25) is 5.91 Å². The molecular weight excluding hydrogens is 252 g/mol. The summed E-state index contributed by atoms with van der Waals surface area (Å²) in [5.41, 5.74) is 7.89. The minimum atomic E-state index is 0.0808. The Bertz CT molecular complexity index is 485. The number of nitrogens with zero attached hydrogens (tertiary/aromatic N) is 1. The first-order valence-corrected chi connectivity index (χ1v) is 7.40. The van der Waals surface area contributed by atoms with Gasteiger partial charge in [0.1, 0.15) is 11.9 Å². The van der Waals surface area contributed by atoms with Crippen LogP contribution in [0.25, 0.3) is 0 Å². The third-order valence-corrected chi connectivity index (χ3v) is 3.61. The number of amides is 1. The molecule has 0 spiro atoms. The second-order valence-electron chi connectivity index (χ2n) is 5.49. The zero-order chi connectivity index (χ0) is 14.7. The van der Waals surface area contributed by atoms with Crippen molar-refractivity contribution in [3.8, 4) is 5.75 Å². The van der Waals surface area contributed by atoms with Gasteiger partial charge in [-0.1, -0.05) is 19.9 Å². The van der Waals surface area contributed by atoms with Crippen molar-refractivity contribution in [2.24, 2.45) is 5.73 Å². The Balaban J connectivity index is 2.35. The number of carbonyl (C=O) groups is 1. The molecule has 0 saturated carbocycles. The van der Waals surface area contributed by atoms with Crippen LogP contribution in [0.3, 0.4) is 0 Å². The maximum absolute atomic E-state index is 12.2. The first-order valence-electron chi connectivity index (χ1n) is 7.40. The number of hydrogen-bond acceptors (Lipinski definition) is 3. The van der Waals surface area contributed by atoms with Gasteiger partial charge in [-0.25, -0.2) is 0 Å². The molecule has 4 heteroatoms. The lowest BCUT2D eigenvalue weighted by Crippen LogP contribution is -2.43. The van der Waals surface area contributed by atoms with Gasteiger partial charge in [0.05, 0.1) is 12.2 Å². The molecule has 1 heterocycles. The fraction of sp³-hybridized carbons (Fsp3) is 0.562. The van der Waals surface area contributed by atoms with Crippen LogP contribution in [0.2, 0.25) is 0 Å². The van der Waals surface area contributed by atoms with Gasteiger partial charge in [0.15, 0.2) is 0 Å². The Morgan fingerprint density at radius 1 is 1.50 bits per heavy atom. The van der Waals surface area contributed by atoms with Crippen molar-refractivity contribution in [2.75, 3.05) is 11.4 Å². The third kappa shape index (κ3) is 3.12. The van der Waals surface area contributed by atoms with Crippen LogP contribution in [-0.4, -0.2) is 24.6 Å². The first-order chi connectivity index (χ1) is 9.55. The normalized spacial score (nSPS) is 19.2. The van der Waals surface area contributed by atoms with E-state index in [0.29, 0.717) is 13.0 Å². The van der Waals surface area contributed by atoms with E-state index in [4.69, 9.17) is 10.5 Å². The molecule has 4 nitrogen and oxygen atoms in total. The standard InChI is InChI=1S/C16H24N2O2/c1-4-13-10-18(16(19)5-2)14-9-12(8-11(3)17)6-7-15(14)20-13/h6-7,9,11,13H,4-5,8,10,17H2,1-3H3. The SMILES string of the molecule is CCC(=O)N1CC(CC)Oc2ccc(CC(C)N)cc21. The molecule has 110 valence electrons. The number of ether oxygens (including phenoxy) is 1. The lowest BCUT2D eigenvalue weighted by atomic mass is 10.0. The maximum Gasteiger partial charge on any atom is 0.226 e. The van der Waals surface area contributed by atoms with E-state index in [1.807, 2.05) is 36.9 Å². The van der Waals surface area contributed by atoms with Crippen LogP contribution in [-0.2, 0) is 11.2 Å². The average molecular weight is 276 g/mol. The Kier molecular flexibility index (Phi) is 4.65. The number of benzene rings is 1. The Morgan fingerprint density at radius 3 is 2.85 bits per heavy atom. The number of nitrogens with two attached hydrogens (primary N) is 1.